The first-order valence-electron chi connectivity index (χ1n) is 8.77. The molecule has 0 bridgehead atoms. The van der Waals surface area contributed by atoms with Crippen LogP contribution >= 0.6 is 0 Å². The van der Waals surface area contributed by atoms with Gasteiger partial charge >= 0.3 is 0 Å². The first-order chi connectivity index (χ1) is 11.9. The lowest BCUT2D eigenvalue weighted by molar-refractivity contribution is 0.669. The number of rotatable bonds is 2. The van der Waals surface area contributed by atoms with Gasteiger partial charge in [-0.2, -0.15) is 0 Å². The molecule has 1 aliphatic rings. The van der Waals surface area contributed by atoms with Gasteiger partial charge in [-0.25, -0.2) is 0 Å². The predicted molar refractivity (Wildman–Crippen MR) is 98.2 cm³/mol. The zero-order valence-electron chi connectivity index (χ0n) is 13.5. The monoisotopic (exact) mass is 313 g/mol. The molecule has 0 aliphatic heterocycles. The standard InChI is InChI=1S/C22H19NO/c1-2-7-15(6-1)16-12-13-23-20(14-16)19-10-5-9-18-17-8-3-4-11-21(17)24-22(18)19/h3-5,8-15H,1-2,6-7H2. The van der Waals surface area contributed by atoms with Gasteiger partial charge in [-0.05, 0) is 48.6 Å². The molecule has 1 saturated carbocycles. The predicted octanol–water partition coefficient (Wildman–Crippen LogP) is 6.31. The van der Waals surface area contributed by atoms with Crippen LogP contribution in [0.4, 0.5) is 0 Å². The maximum Gasteiger partial charge on any atom is 0.144 e. The molecule has 2 aromatic heterocycles. The Kier molecular flexibility index (Phi) is 3.15. The van der Waals surface area contributed by atoms with Gasteiger partial charge in [-0.3, -0.25) is 4.98 Å². The molecular formula is C22H19NO. The van der Waals surface area contributed by atoms with E-state index >= 15 is 0 Å². The highest BCUT2D eigenvalue weighted by Crippen LogP contribution is 2.38. The maximum atomic E-state index is 6.16. The fourth-order valence-electron chi connectivity index (χ4n) is 4.06. The summed E-state index contributed by atoms with van der Waals surface area (Å²) in [6.45, 7) is 0. The van der Waals surface area contributed by atoms with Crippen molar-refractivity contribution in [2.24, 2.45) is 0 Å². The molecule has 0 unspecified atom stereocenters. The van der Waals surface area contributed by atoms with Crippen LogP contribution in [0.15, 0.2) is 65.2 Å². The minimum Gasteiger partial charge on any atom is -0.455 e. The van der Waals surface area contributed by atoms with Crippen LogP contribution in [0, 0.1) is 0 Å². The first-order valence-corrected chi connectivity index (χ1v) is 8.77. The molecule has 4 aromatic rings. The zero-order valence-corrected chi connectivity index (χ0v) is 13.5. The van der Waals surface area contributed by atoms with Gasteiger partial charge in [0.2, 0.25) is 0 Å². The lowest BCUT2D eigenvalue weighted by atomic mass is 9.96. The molecule has 2 heteroatoms. The van der Waals surface area contributed by atoms with Crippen molar-refractivity contribution in [2.45, 2.75) is 31.6 Å². The maximum absolute atomic E-state index is 6.16. The third-order valence-electron chi connectivity index (χ3n) is 5.29. The van der Waals surface area contributed by atoms with Crippen LogP contribution in [0.3, 0.4) is 0 Å². The number of hydrogen-bond acceptors (Lipinski definition) is 2. The van der Waals surface area contributed by atoms with E-state index in [-0.39, 0.29) is 0 Å². The van der Waals surface area contributed by atoms with Crippen LogP contribution in [0.1, 0.15) is 37.2 Å². The zero-order chi connectivity index (χ0) is 15.9. The number of pyridine rings is 1. The van der Waals surface area contributed by atoms with Crippen molar-refractivity contribution in [1.82, 2.24) is 4.98 Å². The number of fused-ring (bicyclic) bond motifs is 3. The summed E-state index contributed by atoms with van der Waals surface area (Å²) in [7, 11) is 0. The Morgan fingerprint density at radius 1 is 0.875 bits per heavy atom. The van der Waals surface area contributed by atoms with Crippen molar-refractivity contribution in [3.63, 3.8) is 0 Å². The van der Waals surface area contributed by atoms with Crippen LogP contribution in [-0.2, 0) is 0 Å². The van der Waals surface area contributed by atoms with Crippen molar-refractivity contribution in [1.29, 1.82) is 0 Å². The highest BCUT2D eigenvalue weighted by molar-refractivity contribution is 6.09. The summed E-state index contributed by atoms with van der Waals surface area (Å²) in [5.74, 6) is 0.696. The van der Waals surface area contributed by atoms with Gasteiger partial charge in [0.15, 0.2) is 0 Å². The summed E-state index contributed by atoms with van der Waals surface area (Å²) in [5.41, 5.74) is 5.40. The van der Waals surface area contributed by atoms with Crippen LogP contribution in [0.25, 0.3) is 33.2 Å². The normalized spacial score (nSPS) is 15.5. The van der Waals surface area contributed by atoms with Crippen LogP contribution in [0.2, 0.25) is 0 Å². The summed E-state index contributed by atoms with van der Waals surface area (Å²) in [6, 6.07) is 19.0. The summed E-state index contributed by atoms with van der Waals surface area (Å²) in [5, 5.41) is 2.33. The van der Waals surface area contributed by atoms with E-state index in [9.17, 15) is 0 Å². The minimum atomic E-state index is 0.696. The average molecular weight is 313 g/mol. The Labute approximate surface area is 141 Å². The van der Waals surface area contributed by atoms with E-state index < -0.39 is 0 Å². The van der Waals surface area contributed by atoms with Crippen LogP contribution in [0.5, 0.6) is 0 Å². The molecule has 1 fully saturated rings. The summed E-state index contributed by atoms with van der Waals surface area (Å²) in [6.07, 6.45) is 7.25. The first kappa shape index (κ1) is 13.8. The van der Waals surface area contributed by atoms with E-state index in [0.29, 0.717) is 5.92 Å². The molecule has 0 N–H and O–H groups in total. The summed E-state index contributed by atoms with van der Waals surface area (Å²) >= 11 is 0. The molecule has 2 heterocycles. The number of hydrogen-bond donors (Lipinski definition) is 0. The molecule has 0 atom stereocenters. The molecule has 0 radical (unpaired) electrons. The molecular weight excluding hydrogens is 294 g/mol. The Bertz CT molecular complexity index is 1020. The SMILES string of the molecule is c1ccc2c(c1)oc1c(-c3cc(C4CCCC4)ccn3)cccc12. The van der Waals surface area contributed by atoms with Crippen molar-refractivity contribution in [3.05, 3.63) is 66.4 Å². The third-order valence-corrected chi connectivity index (χ3v) is 5.29. The highest BCUT2D eigenvalue weighted by Gasteiger charge is 2.18. The van der Waals surface area contributed by atoms with Gasteiger partial charge in [0.1, 0.15) is 11.2 Å². The molecule has 2 nitrogen and oxygen atoms in total. The molecule has 0 saturated heterocycles. The minimum absolute atomic E-state index is 0.696. The molecule has 2 aromatic carbocycles. The summed E-state index contributed by atoms with van der Waals surface area (Å²) in [4.78, 5) is 4.64. The van der Waals surface area contributed by atoms with Gasteiger partial charge in [0.25, 0.3) is 0 Å². The molecule has 5 rings (SSSR count). The Morgan fingerprint density at radius 2 is 1.71 bits per heavy atom. The second kappa shape index (κ2) is 5.48. The van der Waals surface area contributed by atoms with Crippen LogP contribution < -0.4 is 0 Å². The summed E-state index contributed by atoms with van der Waals surface area (Å²) < 4.78 is 6.16. The second-order valence-electron chi connectivity index (χ2n) is 6.74. The topological polar surface area (TPSA) is 26.0 Å². The average Bonchev–Trinajstić information content (AvgIpc) is 3.29. The van der Waals surface area contributed by atoms with Crippen molar-refractivity contribution in [2.75, 3.05) is 0 Å². The fourth-order valence-corrected chi connectivity index (χ4v) is 4.06. The quantitative estimate of drug-likeness (QED) is 0.433. The van der Waals surface area contributed by atoms with E-state index in [1.807, 2.05) is 18.3 Å². The van der Waals surface area contributed by atoms with Crippen LogP contribution in [-0.4, -0.2) is 4.98 Å². The Balaban J connectivity index is 1.70. The third kappa shape index (κ3) is 2.14. The lowest BCUT2D eigenvalue weighted by Gasteiger charge is -2.11. The van der Waals surface area contributed by atoms with Gasteiger partial charge in [-0.15, -0.1) is 0 Å². The van der Waals surface area contributed by atoms with Gasteiger partial charge in [0.05, 0.1) is 5.69 Å². The molecule has 1 aliphatic carbocycles. The van der Waals surface area contributed by atoms with Gasteiger partial charge < -0.3 is 4.42 Å². The number of nitrogens with zero attached hydrogens (tertiary/aromatic N) is 1. The van der Waals surface area contributed by atoms with Crippen molar-refractivity contribution in [3.8, 4) is 11.3 Å². The lowest BCUT2D eigenvalue weighted by Crippen LogP contribution is -1.94. The number of furan rings is 1. The molecule has 0 spiro atoms. The van der Waals surface area contributed by atoms with E-state index in [4.69, 9.17) is 4.42 Å². The number of para-hydroxylation sites is 2. The largest absolute Gasteiger partial charge is 0.455 e. The molecule has 118 valence electrons. The van der Waals surface area contributed by atoms with Crippen molar-refractivity contribution >= 4 is 21.9 Å². The van der Waals surface area contributed by atoms with E-state index in [2.05, 4.69) is 47.4 Å². The van der Waals surface area contributed by atoms with Gasteiger partial charge in [0, 0.05) is 22.5 Å². The van der Waals surface area contributed by atoms with E-state index in [1.165, 1.54) is 36.6 Å². The Hall–Kier alpha value is -2.61. The number of benzene rings is 2. The highest BCUT2D eigenvalue weighted by atomic mass is 16.3. The fraction of sp³-hybridized carbons (Fsp3) is 0.227. The van der Waals surface area contributed by atoms with Gasteiger partial charge in [-0.1, -0.05) is 43.2 Å². The van der Waals surface area contributed by atoms with E-state index in [1.54, 1.807) is 0 Å². The molecule has 24 heavy (non-hydrogen) atoms. The number of aromatic nitrogens is 1. The van der Waals surface area contributed by atoms with E-state index in [0.717, 1.165) is 27.8 Å². The molecule has 0 amide bonds. The second-order valence-corrected chi connectivity index (χ2v) is 6.74. The smallest absolute Gasteiger partial charge is 0.144 e. The Morgan fingerprint density at radius 3 is 2.62 bits per heavy atom. The van der Waals surface area contributed by atoms with Crippen molar-refractivity contribution < 1.29 is 4.42 Å².